The number of aliphatic hydroxyl groups excluding tert-OH is 1. The third-order valence-corrected chi connectivity index (χ3v) is 5.83. The van der Waals surface area contributed by atoms with Gasteiger partial charge in [-0.1, -0.05) is 6.07 Å². The molecule has 0 radical (unpaired) electrons. The van der Waals surface area contributed by atoms with Crippen LogP contribution in [0.1, 0.15) is 18.4 Å². The Balaban J connectivity index is 2.10. The van der Waals surface area contributed by atoms with Gasteiger partial charge in [0.2, 0.25) is 10.0 Å². The number of aliphatic hydroxyl groups is 1. The van der Waals surface area contributed by atoms with Gasteiger partial charge in [0.1, 0.15) is 0 Å². The Bertz CT molecular complexity index is 581. The lowest BCUT2D eigenvalue weighted by Crippen LogP contribution is -2.41. The van der Waals surface area contributed by atoms with E-state index >= 15 is 0 Å². The number of sulfonamides is 1. The van der Waals surface area contributed by atoms with Crippen molar-refractivity contribution in [2.45, 2.75) is 30.8 Å². The molecule has 1 aromatic carbocycles. The molecule has 0 saturated carbocycles. The lowest BCUT2D eigenvalue weighted by Gasteiger charge is -2.31. The second-order valence-corrected chi connectivity index (χ2v) is 7.07. The van der Waals surface area contributed by atoms with Crippen LogP contribution in [0.25, 0.3) is 0 Å². The van der Waals surface area contributed by atoms with Gasteiger partial charge >= 0.3 is 0 Å². The van der Waals surface area contributed by atoms with Crippen molar-refractivity contribution >= 4 is 15.7 Å². The molecule has 0 atom stereocenters. The van der Waals surface area contributed by atoms with Gasteiger partial charge in [-0.15, -0.1) is 0 Å². The number of nitrogens with two attached hydrogens (primary N) is 1. The van der Waals surface area contributed by atoms with Crippen LogP contribution in [-0.4, -0.2) is 50.2 Å². The second-order valence-electron chi connectivity index (χ2n) is 5.17. The van der Waals surface area contributed by atoms with Crippen LogP contribution in [0.5, 0.6) is 0 Å². The molecule has 0 spiro atoms. The van der Waals surface area contributed by atoms with Gasteiger partial charge in [-0.05, 0) is 37.5 Å². The molecule has 1 aliphatic heterocycles. The summed E-state index contributed by atoms with van der Waals surface area (Å²) in [5.41, 5.74) is 6.87. The monoisotopic (exact) mass is 314 g/mol. The van der Waals surface area contributed by atoms with Gasteiger partial charge in [0, 0.05) is 18.8 Å². The minimum absolute atomic E-state index is 0.0129. The highest BCUT2D eigenvalue weighted by atomic mass is 32.2. The van der Waals surface area contributed by atoms with Crippen LogP contribution < -0.4 is 5.73 Å². The standard InChI is InChI=1S/C14H22N2O4S/c1-11-13(15)3-2-4-14(11)21(18,19)16-7-5-12(6-8-16)20-10-9-17/h2-4,12,17H,5-10,15H2,1H3. The summed E-state index contributed by atoms with van der Waals surface area (Å²) in [4.78, 5) is 0.275. The maximum absolute atomic E-state index is 12.7. The van der Waals surface area contributed by atoms with Crippen LogP contribution >= 0.6 is 0 Å². The van der Waals surface area contributed by atoms with Gasteiger partial charge in [0.15, 0.2) is 0 Å². The number of nitrogen functional groups attached to an aromatic ring is 1. The quantitative estimate of drug-likeness (QED) is 0.782. The molecule has 1 aromatic rings. The molecule has 6 nitrogen and oxygen atoms in total. The first-order valence-electron chi connectivity index (χ1n) is 7.04. The van der Waals surface area contributed by atoms with Gasteiger partial charge in [0.05, 0.1) is 24.2 Å². The normalized spacial score (nSPS) is 18.0. The average molecular weight is 314 g/mol. The van der Waals surface area contributed by atoms with Crippen molar-refractivity contribution in [3.63, 3.8) is 0 Å². The Morgan fingerprint density at radius 1 is 1.38 bits per heavy atom. The van der Waals surface area contributed by atoms with Gasteiger partial charge in [-0.3, -0.25) is 0 Å². The zero-order valence-electron chi connectivity index (χ0n) is 12.2. The fraction of sp³-hybridized carbons (Fsp3) is 0.571. The van der Waals surface area contributed by atoms with Crippen LogP contribution in [-0.2, 0) is 14.8 Å². The lowest BCUT2D eigenvalue weighted by molar-refractivity contribution is 0.00318. The summed E-state index contributed by atoms with van der Waals surface area (Å²) in [5, 5.41) is 8.74. The molecule has 21 heavy (non-hydrogen) atoms. The number of anilines is 1. The van der Waals surface area contributed by atoms with E-state index in [1.807, 2.05) is 0 Å². The highest BCUT2D eigenvalue weighted by molar-refractivity contribution is 7.89. The van der Waals surface area contributed by atoms with Crippen LogP contribution in [0.4, 0.5) is 5.69 Å². The van der Waals surface area contributed by atoms with Crippen LogP contribution in [0.15, 0.2) is 23.1 Å². The number of hydrogen-bond donors (Lipinski definition) is 2. The van der Waals surface area contributed by atoms with Crippen molar-refractivity contribution in [1.82, 2.24) is 4.31 Å². The van der Waals surface area contributed by atoms with E-state index in [4.69, 9.17) is 15.6 Å². The predicted molar refractivity (Wildman–Crippen MR) is 80.4 cm³/mol. The Morgan fingerprint density at radius 3 is 2.67 bits per heavy atom. The van der Waals surface area contributed by atoms with E-state index in [0.717, 1.165) is 0 Å². The van der Waals surface area contributed by atoms with E-state index in [1.165, 1.54) is 4.31 Å². The van der Waals surface area contributed by atoms with E-state index in [9.17, 15) is 8.42 Å². The zero-order chi connectivity index (χ0) is 15.5. The third kappa shape index (κ3) is 3.55. The van der Waals surface area contributed by atoms with Gasteiger partial charge in [-0.2, -0.15) is 4.31 Å². The SMILES string of the molecule is Cc1c(N)cccc1S(=O)(=O)N1CCC(OCCO)CC1. The summed E-state index contributed by atoms with van der Waals surface area (Å²) in [7, 11) is -3.51. The number of rotatable bonds is 5. The molecule has 3 N–H and O–H groups in total. The highest BCUT2D eigenvalue weighted by Crippen LogP contribution is 2.26. The molecule has 0 aromatic heterocycles. The first-order chi connectivity index (χ1) is 9.96. The van der Waals surface area contributed by atoms with E-state index in [2.05, 4.69) is 0 Å². The Morgan fingerprint density at radius 2 is 2.05 bits per heavy atom. The number of nitrogens with zero attached hydrogens (tertiary/aromatic N) is 1. The molecule has 1 heterocycles. The van der Waals surface area contributed by atoms with E-state index < -0.39 is 10.0 Å². The van der Waals surface area contributed by atoms with Crippen molar-refractivity contribution in [1.29, 1.82) is 0 Å². The van der Waals surface area contributed by atoms with E-state index in [1.54, 1.807) is 25.1 Å². The molecule has 1 aliphatic rings. The Kier molecular flexibility index (Phi) is 5.21. The van der Waals surface area contributed by atoms with Crippen molar-refractivity contribution < 1.29 is 18.3 Å². The van der Waals surface area contributed by atoms with Crippen LogP contribution in [0, 0.1) is 6.92 Å². The maximum atomic E-state index is 12.7. The fourth-order valence-corrected chi connectivity index (χ4v) is 4.23. The first-order valence-corrected chi connectivity index (χ1v) is 8.48. The van der Waals surface area contributed by atoms with Crippen molar-refractivity contribution in [3.05, 3.63) is 23.8 Å². The molecule has 1 fully saturated rings. The molecule has 0 amide bonds. The smallest absolute Gasteiger partial charge is 0.243 e. The molecule has 0 bridgehead atoms. The molecular weight excluding hydrogens is 292 g/mol. The highest BCUT2D eigenvalue weighted by Gasteiger charge is 2.30. The van der Waals surface area contributed by atoms with Gasteiger partial charge in [-0.25, -0.2) is 8.42 Å². The number of piperidine rings is 1. The molecule has 0 aliphatic carbocycles. The van der Waals surface area contributed by atoms with Crippen LogP contribution in [0.3, 0.4) is 0 Å². The summed E-state index contributed by atoms with van der Waals surface area (Å²) in [6, 6.07) is 4.95. The van der Waals surface area contributed by atoms with Crippen molar-refractivity contribution in [3.8, 4) is 0 Å². The molecule has 1 saturated heterocycles. The topological polar surface area (TPSA) is 92.9 Å². The zero-order valence-corrected chi connectivity index (χ0v) is 13.0. The van der Waals surface area contributed by atoms with Crippen molar-refractivity contribution in [2.75, 3.05) is 32.0 Å². The molecule has 0 unspecified atom stereocenters. The summed E-state index contributed by atoms with van der Waals surface area (Å²) in [6.45, 7) is 2.85. The summed E-state index contributed by atoms with van der Waals surface area (Å²) in [5.74, 6) is 0. The average Bonchev–Trinajstić information content (AvgIpc) is 2.48. The molecule has 118 valence electrons. The molecular formula is C14H22N2O4S. The maximum Gasteiger partial charge on any atom is 0.243 e. The van der Waals surface area contributed by atoms with Gasteiger partial charge in [0.25, 0.3) is 0 Å². The minimum atomic E-state index is -3.51. The predicted octanol–water partition coefficient (Wildman–Crippen LogP) is 0.739. The minimum Gasteiger partial charge on any atom is -0.398 e. The summed E-state index contributed by atoms with van der Waals surface area (Å²) in [6.07, 6.45) is 1.30. The second kappa shape index (κ2) is 6.74. The third-order valence-electron chi connectivity index (χ3n) is 3.79. The lowest BCUT2D eigenvalue weighted by atomic mass is 10.1. The number of hydrogen-bond acceptors (Lipinski definition) is 5. The Labute approximate surface area is 125 Å². The van der Waals surface area contributed by atoms with Crippen molar-refractivity contribution in [2.24, 2.45) is 0 Å². The number of benzene rings is 1. The first kappa shape index (κ1) is 16.2. The number of ether oxygens (including phenoxy) is 1. The largest absolute Gasteiger partial charge is 0.398 e. The van der Waals surface area contributed by atoms with E-state index in [0.29, 0.717) is 43.8 Å². The van der Waals surface area contributed by atoms with Crippen LogP contribution in [0.2, 0.25) is 0 Å². The summed E-state index contributed by atoms with van der Waals surface area (Å²) < 4.78 is 32.3. The summed E-state index contributed by atoms with van der Waals surface area (Å²) >= 11 is 0. The molecule has 7 heteroatoms. The van der Waals surface area contributed by atoms with Gasteiger partial charge < -0.3 is 15.6 Å². The molecule has 2 rings (SSSR count). The Hall–Kier alpha value is -1.15. The fourth-order valence-electron chi connectivity index (χ4n) is 2.51. The van der Waals surface area contributed by atoms with E-state index in [-0.39, 0.29) is 17.6 Å².